The maximum Gasteiger partial charge on any atom is 0.339 e. The molecule has 0 N–H and O–H groups in total. The number of hydrogen-bond acceptors (Lipinski definition) is 5. The number of nitro benzene ring substituents is 1. The Kier molecular flexibility index (Phi) is 4.09. The smallest absolute Gasteiger partial charge is 0.339 e. The van der Waals surface area contributed by atoms with Crippen LogP contribution in [-0.2, 0) is 10.1 Å². The molecule has 2 aromatic carbocycles. The van der Waals surface area contributed by atoms with E-state index < -0.39 is 43.0 Å². The third-order valence-electron chi connectivity index (χ3n) is 2.69. The van der Waals surface area contributed by atoms with Crippen LogP contribution < -0.4 is 4.18 Å². The minimum atomic E-state index is -4.53. The molecule has 9 heteroatoms. The molecule has 0 aliphatic rings. The van der Waals surface area contributed by atoms with E-state index >= 15 is 0 Å². The number of benzene rings is 2. The predicted octanol–water partition coefficient (Wildman–Crippen LogP) is 2.95. The van der Waals surface area contributed by atoms with Gasteiger partial charge in [-0.1, -0.05) is 6.07 Å². The van der Waals surface area contributed by atoms with Crippen LogP contribution in [0.25, 0.3) is 0 Å². The fraction of sp³-hybridized carbons (Fsp3) is 0.0769. The van der Waals surface area contributed by atoms with Crippen molar-refractivity contribution < 1.29 is 26.3 Å². The van der Waals surface area contributed by atoms with Crippen LogP contribution in [0.4, 0.5) is 14.5 Å². The average molecular weight is 329 g/mol. The van der Waals surface area contributed by atoms with Gasteiger partial charge >= 0.3 is 15.8 Å². The molecule has 116 valence electrons. The highest BCUT2D eigenvalue weighted by atomic mass is 32.2. The summed E-state index contributed by atoms with van der Waals surface area (Å²) in [5.74, 6) is -3.11. The lowest BCUT2D eigenvalue weighted by atomic mass is 10.2. The number of nitrogens with zero attached hydrogens (tertiary/aromatic N) is 1. The van der Waals surface area contributed by atoms with Crippen molar-refractivity contribution in [1.82, 2.24) is 0 Å². The van der Waals surface area contributed by atoms with Gasteiger partial charge in [-0.3, -0.25) is 10.1 Å². The van der Waals surface area contributed by atoms with Gasteiger partial charge in [0.1, 0.15) is 4.90 Å². The van der Waals surface area contributed by atoms with Crippen LogP contribution in [0.2, 0.25) is 0 Å². The Balaban J connectivity index is 2.45. The molecule has 0 saturated heterocycles. The molecule has 0 radical (unpaired) electrons. The number of nitro groups is 1. The number of hydrogen-bond donors (Lipinski definition) is 0. The molecule has 6 nitrogen and oxygen atoms in total. The lowest BCUT2D eigenvalue weighted by molar-refractivity contribution is -0.385. The highest BCUT2D eigenvalue weighted by molar-refractivity contribution is 7.87. The summed E-state index contributed by atoms with van der Waals surface area (Å²) < 4.78 is 54.6. The Bertz CT molecular complexity index is 852. The van der Waals surface area contributed by atoms with Crippen LogP contribution in [0.5, 0.6) is 5.75 Å². The van der Waals surface area contributed by atoms with E-state index in [4.69, 9.17) is 0 Å². The highest BCUT2D eigenvalue weighted by Gasteiger charge is 2.24. The van der Waals surface area contributed by atoms with E-state index in [0.717, 1.165) is 18.2 Å². The topological polar surface area (TPSA) is 86.5 Å². The molecule has 0 spiro atoms. The summed E-state index contributed by atoms with van der Waals surface area (Å²) in [6.45, 7) is 1.58. The van der Waals surface area contributed by atoms with Gasteiger partial charge in [-0.25, -0.2) is 8.78 Å². The second-order valence-corrected chi connectivity index (χ2v) is 5.89. The normalized spacial score (nSPS) is 11.2. The second kappa shape index (κ2) is 5.68. The standard InChI is InChI=1S/C13H9F2NO5S/c1-8-2-5-13(12(6-8)16(17)18)21-22(19,20)9-3-4-10(14)11(15)7-9/h2-7H,1H3. The van der Waals surface area contributed by atoms with Gasteiger partial charge in [0.15, 0.2) is 11.6 Å². The maximum absolute atomic E-state index is 13.1. The second-order valence-electron chi connectivity index (χ2n) is 4.34. The summed E-state index contributed by atoms with van der Waals surface area (Å²) in [5.41, 5.74) is -0.0181. The first kappa shape index (κ1) is 15.8. The zero-order valence-electron chi connectivity index (χ0n) is 11.1. The van der Waals surface area contributed by atoms with E-state index in [-0.39, 0.29) is 0 Å². The monoisotopic (exact) mass is 329 g/mol. The van der Waals surface area contributed by atoms with Crippen LogP contribution >= 0.6 is 0 Å². The number of rotatable bonds is 4. The van der Waals surface area contributed by atoms with E-state index in [0.29, 0.717) is 17.7 Å². The zero-order valence-corrected chi connectivity index (χ0v) is 11.9. The molecule has 0 amide bonds. The Hall–Kier alpha value is -2.55. The third-order valence-corrected chi connectivity index (χ3v) is 3.92. The van der Waals surface area contributed by atoms with Gasteiger partial charge in [0.05, 0.1) is 4.92 Å². The minimum absolute atomic E-state index is 0.435. The quantitative estimate of drug-likeness (QED) is 0.489. The Morgan fingerprint density at radius 3 is 2.36 bits per heavy atom. The van der Waals surface area contributed by atoms with Gasteiger partial charge in [-0.05, 0) is 36.8 Å². The van der Waals surface area contributed by atoms with Gasteiger partial charge in [-0.2, -0.15) is 8.42 Å². The molecule has 2 rings (SSSR count). The third kappa shape index (κ3) is 3.19. The van der Waals surface area contributed by atoms with Gasteiger partial charge in [0.25, 0.3) is 0 Å². The molecule has 0 heterocycles. The predicted molar refractivity (Wildman–Crippen MR) is 72.0 cm³/mol. The lowest BCUT2D eigenvalue weighted by Crippen LogP contribution is -2.11. The van der Waals surface area contributed by atoms with Crippen molar-refractivity contribution in [3.63, 3.8) is 0 Å². The highest BCUT2D eigenvalue weighted by Crippen LogP contribution is 2.30. The van der Waals surface area contributed by atoms with Crippen LogP contribution in [0.1, 0.15) is 5.56 Å². The summed E-state index contributed by atoms with van der Waals surface area (Å²) in [6, 6.07) is 5.53. The van der Waals surface area contributed by atoms with Crippen molar-refractivity contribution in [1.29, 1.82) is 0 Å². The van der Waals surface area contributed by atoms with Crippen molar-refractivity contribution >= 4 is 15.8 Å². The molecule has 0 fully saturated rings. The molecule has 0 aliphatic heterocycles. The van der Waals surface area contributed by atoms with Crippen molar-refractivity contribution in [3.05, 3.63) is 63.7 Å². The van der Waals surface area contributed by atoms with Crippen molar-refractivity contribution in [3.8, 4) is 5.75 Å². The fourth-order valence-corrected chi connectivity index (χ4v) is 2.60. The van der Waals surface area contributed by atoms with Crippen LogP contribution in [0, 0.1) is 28.7 Å². The van der Waals surface area contributed by atoms with Crippen molar-refractivity contribution in [2.75, 3.05) is 0 Å². The molecule has 0 unspecified atom stereocenters. The van der Waals surface area contributed by atoms with E-state index in [2.05, 4.69) is 4.18 Å². The van der Waals surface area contributed by atoms with Crippen molar-refractivity contribution in [2.24, 2.45) is 0 Å². The lowest BCUT2D eigenvalue weighted by Gasteiger charge is -2.08. The first-order valence-corrected chi connectivity index (χ1v) is 7.26. The molecule has 0 aromatic heterocycles. The number of aryl methyl sites for hydroxylation is 1. The van der Waals surface area contributed by atoms with Crippen LogP contribution in [0.3, 0.4) is 0 Å². The molecule has 2 aromatic rings. The van der Waals surface area contributed by atoms with Crippen LogP contribution in [-0.4, -0.2) is 13.3 Å². The van der Waals surface area contributed by atoms with Gasteiger partial charge in [-0.15, -0.1) is 0 Å². The van der Waals surface area contributed by atoms with Gasteiger partial charge in [0, 0.05) is 6.07 Å². The first-order valence-electron chi connectivity index (χ1n) is 5.85. The van der Waals surface area contributed by atoms with Crippen molar-refractivity contribution in [2.45, 2.75) is 11.8 Å². The number of halogens is 2. The largest absolute Gasteiger partial charge is 0.372 e. The first-order chi connectivity index (χ1) is 10.2. The maximum atomic E-state index is 13.1. The molecule has 0 bridgehead atoms. The summed E-state index contributed by atoms with van der Waals surface area (Å²) in [7, 11) is -4.53. The summed E-state index contributed by atoms with van der Waals surface area (Å²) in [6.07, 6.45) is 0. The van der Waals surface area contributed by atoms with Gasteiger partial charge in [0.2, 0.25) is 5.75 Å². The van der Waals surface area contributed by atoms with Gasteiger partial charge < -0.3 is 4.18 Å². The summed E-state index contributed by atoms with van der Waals surface area (Å²) in [5, 5.41) is 10.9. The molecular formula is C13H9F2NO5S. The summed E-state index contributed by atoms with van der Waals surface area (Å²) >= 11 is 0. The molecule has 0 atom stereocenters. The molecule has 22 heavy (non-hydrogen) atoms. The molecular weight excluding hydrogens is 320 g/mol. The van der Waals surface area contributed by atoms with Crippen LogP contribution in [0.15, 0.2) is 41.3 Å². The van der Waals surface area contributed by atoms with E-state index in [1.54, 1.807) is 6.92 Å². The fourth-order valence-electron chi connectivity index (χ4n) is 1.64. The Labute approximate surface area is 124 Å². The van der Waals surface area contributed by atoms with E-state index in [1.165, 1.54) is 6.07 Å². The minimum Gasteiger partial charge on any atom is -0.372 e. The summed E-state index contributed by atoms with van der Waals surface area (Å²) in [4.78, 5) is 9.46. The average Bonchev–Trinajstić information content (AvgIpc) is 2.43. The molecule has 0 aliphatic carbocycles. The van der Waals surface area contributed by atoms with E-state index in [1.807, 2.05) is 0 Å². The van der Waals surface area contributed by atoms with E-state index in [9.17, 15) is 27.3 Å². The SMILES string of the molecule is Cc1ccc(OS(=O)(=O)c2ccc(F)c(F)c2)c([N+](=O)[O-])c1. The Morgan fingerprint density at radius 2 is 1.77 bits per heavy atom. The zero-order chi connectivity index (χ0) is 16.5. The Morgan fingerprint density at radius 1 is 1.09 bits per heavy atom. The molecule has 0 saturated carbocycles.